The summed E-state index contributed by atoms with van der Waals surface area (Å²) in [5, 5.41) is 3.33. The normalized spacial score (nSPS) is 10.6. The molecule has 0 atom stereocenters. The first-order chi connectivity index (χ1) is 13.1. The van der Waals surface area contributed by atoms with Crippen molar-refractivity contribution in [3.05, 3.63) is 42.0 Å². The van der Waals surface area contributed by atoms with Crippen LogP contribution in [0.15, 0.2) is 46.0 Å². The molecule has 1 aromatic heterocycles. The average Bonchev–Trinajstić information content (AvgIpc) is 3.12. The lowest BCUT2D eigenvalue weighted by atomic mass is 10.2. The van der Waals surface area contributed by atoms with E-state index in [4.69, 9.17) is 18.6 Å². The van der Waals surface area contributed by atoms with E-state index in [0.717, 1.165) is 11.1 Å². The predicted molar refractivity (Wildman–Crippen MR) is 103 cm³/mol. The monoisotopic (exact) mass is 388 g/mol. The summed E-state index contributed by atoms with van der Waals surface area (Å²) in [4.78, 5) is 16.5. The van der Waals surface area contributed by atoms with Crippen LogP contribution in [0.3, 0.4) is 0 Å². The van der Waals surface area contributed by atoms with Crippen molar-refractivity contribution in [2.45, 2.75) is 11.8 Å². The van der Waals surface area contributed by atoms with Gasteiger partial charge in [0.05, 0.1) is 27.1 Å². The van der Waals surface area contributed by atoms with Gasteiger partial charge in [0, 0.05) is 6.54 Å². The van der Waals surface area contributed by atoms with Crippen molar-refractivity contribution in [1.82, 2.24) is 10.3 Å². The summed E-state index contributed by atoms with van der Waals surface area (Å²) in [7, 11) is 4.65. The fraction of sp³-hybridized carbons (Fsp3) is 0.263. The van der Waals surface area contributed by atoms with Gasteiger partial charge >= 0.3 is 0 Å². The Morgan fingerprint density at radius 1 is 1.11 bits per heavy atom. The van der Waals surface area contributed by atoms with E-state index < -0.39 is 0 Å². The molecule has 3 rings (SSSR count). The predicted octanol–water partition coefficient (Wildman–Crippen LogP) is 3.26. The number of amides is 1. The number of fused-ring (bicyclic) bond motifs is 1. The number of hydrogen-bond donors (Lipinski definition) is 1. The van der Waals surface area contributed by atoms with Gasteiger partial charge in [-0.2, -0.15) is 0 Å². The van der Waals surface area contributed by atoms with Gasteiger partial charge in [0.2, 0.25) is 11.7 Å². The first kappa shape index (κ1) is 18.9. The number of hydrogen-bond acceptors (Lipinski definition) is 7. The molecule has 0 bridgehead atoms. The van der Waals surface area contributed by atoms with Crippen LogP contribution in [0.25, 0.3) is 11.1 Å². The second-order valence-electron chi connectivity index (χ2n) is 5.55. The van der Waals surface area contributed by atoms with E-state index in [-0.39, 0.29) is 11.7 Å². The van der Waals surface area contributed by atoms with E-state index >= 15 is 0 Å². The van der Waals surface area contributed by atoms with Crippen molar-refractivity contribution in [2.24, 2.45) is 0 Å². The second-order valence-corrected chi connectivity index (χ2v) is 6.47. The molecule has 0 unspecified atom stereocenters. The van der Waals surface area contributed by atoms with Crippen molar-refractivity contribution >= 4 is 28.8 Å². The number of rotatable bonds is 8. The van der Waals surface area contributed by atoms with E-state index in [1.54, 1.807) is 33.5 Å². The van der Waals surface area contributed by atoms with Crippen molar-refractivity contribution < 1.29 is 23.4 Å². The van der Waals surface area contributed by atoms with Gasteiger partial charge in [-0.3, -0.25) is 4.79 Å². The van der Waals surface area contributed by atoms with Gasteiger partial charge < -0.3 is 23.9 Å². The minimum absolute atomic E-state index is 0.129. The molecular formula is C19H20N2O5S. The van der Waals surface area contributed by atoms with Gasteiger partial charge in [0.15, 0.2) is 17.1 Å². The SMILES string of the molecule is COc1cc(CNC(=O)CSc2nc3ccccc3o2)cc(OC)c1OC. The number of aromatic nitrogens is 1. The average molecular weight is 388 g/mol. The maximum absolute atomic E-state index is 12.1. The number of nitrogens with one attached hydrogen (secondary N) is 1. The quantitative estimate of drug-likeness (QED) is 0.593. The lowest BCUT2D eigenvalue weighted by molar-refractivity contribution is -0.118. The Morgan fingerprint density at radius 3 is 2.44 bits per heavy atom. The van der Waals surface area contributed by atoms with Crippen LogP contribution in [0, 0.1) is 0 Å². The first-order valence-electron chi connectivity index (χ1n) is 8.18. The number of carbonyl (C=O) groups is 1. The number of methoxy groups -OCH3 is 3. The number of carbonyl (C=O) groups excluding carboxylic acids is 1. The molecule has 0 aliphatic carbocycles. The molecule has 0 aliphatic rings. The van der Waals surface area contributed by atoms with Crippen LogP contribution < -0.4 is 19.5 Å². The number of para-hydroxylation sites is 2. The molecule has 1 N–H and O–H groups in total. The Morgan fingerprint density at radius 2 is 1.81 bits per heavy atom. The van der Waals surface area contributed by atoms with Crippen molar-refractivity contribution in [3.8, 4) is 17.2 Å². The van der Waals surface area contributed by atoms with Gasteiger partial charge in [-0.15, -0.1) is 0 Å². The Balaban J connectivity index is 1.58. The highest BCUT2D eigenvalue weighted by Crippen LogP contribution is 2.38. The van der Waals surface area contributed by atoms with Gasteiger partial charge in [0.1, 0.15) is 5.52 Å². The van der Waals surface area contributed by atoms with Crippen LogP contribution >= 0.6 is 11.8 Å². The molecule has 0 radical (unpaired) electrons. The van der Waals surface area contributed by atoms with Crippen molar-refractivity contribution in [1.29, 1.82) is 0 Å². The molecule has 0 saturated heterocycles. The fourth-order valence-corrected chi connectivity index (χ4v) is 3.20. The highest BCUT2D eigenvalue weighted by Gasteiger charge is 2.14. The topological polar surface area (TPSA) is 82.8 Å². The highest BCUT2D eigenvalue weighted by atomic mass is 32.2. The van der Waals surface area contributed by atoms with Crippen LogP contribution in [0.5, 0.6) is 17.2 Å². The van der Waals surface area contributed by atoms with Crippen LogP contribution in [0.1, 0.15) is 5.56 Å². The number of nitrogens with zero attached hydrogens (tertiary/aromatic N) is 1. The largest absolute Gasteiger partial charge is 0.493 e. The number of benzene rings is 2. The molecule has 1 amide bonds. The molecule has 3 aromatic rings. The third kappa shape index (κ3) is 4.46. The Labute approximate surface area is 161 Å². The second kappa shape index (κ2) is 8.68. The number of oxazole rings is 1. The van der Waals surface area contributed by atoms with E-state index in [2.05, 4.69) is 10.3 Å². The maximum Gasteiger partial charge on any atom is 0.257 e. The summed E-state index contributed by atoms with van der Waals surface area (Å²) in [6.07, 6.45) is 0. The molecule has 0 aliphatic heterocycles. The highest BCUT2D eigenvalue weighted by molar-refractivity contribution is 7.99. The molecular weight excluding hydrogens is 368 g/mol. The minimum atomic E-state index is -0.129. The van der Waals surface area contributed by atoms with E-state index in [1.165, 1.54) is 11.8 Å². The molecule has 2 aromatic carbocycles. The molecule has 0 saturated carbocycles. The summed E-state index contributed by atoms with van der Waals surface area (Å²) in [6.45, 7) is 0.337. The summed E-state index contributed by atoms with van der Waals surface area (Å²) < 4.78 is 21.5. The molecule has 27 heavy (non-hydrogen) atoms. The lowest BCUT2D eigenvalue weighted by Gasteiger charge is -2.14. The van der Waals surface area contributed by atoms with Crippen molar-refractivity contribution in [3.63, 3.8) is 0 Å². The maximum atomic E-state index is 12.1. The molecule has 1 heterocycles. The fourth-order valence-electron chi connectivity index (χ4n) is 2.53. The molecule has 142 valence electrons. The standard InChI is InChI=1S/C19H20N2O5S/c1-23-15-8-12(9-16(24-2)18(15)25-3)10-20-17(22)11-27-19-21-13-6-4-5-7-14(13)26-19/h4-9H,10-11H2,1-3H3,(H,20,22). The summed E-state index contributed by atoms with van der Waals surface area (Å²) in [5.41, 5.74) is 2.32. The van der Waals surface area contributed by atoms with Gasteiger partial charge in [-0.25, -0.2) is 4.98 Å². The van der Waals surface area contributed by atoms with E-state index in [0.29, 0.717) is 34.6 Å². The molecule has 0 spiro atoms. The van der Waals surface area contributed by atoms with Crippen molar-refractivity contribution in [2.75, 3.05) is 27.1 Å². The Hall–Kier alpha value is -2.87. The number of ether oxygens (including phenoxy) is 3. The van der Waals surface area contributed by atoms with E-state index in [9.17, 15) is 4.79 Å². The minimum Gasteiger partial charge on any atom is -0.493 e. The zero-order chi connectivity index (χ0) is 19.2. The smallest absolute Gasteiger partial charge is 0.257 e. The van der Waals surface area contributed by atoms with Crippen LogP contribution in [0.2, 0.25) is 0 Å². The zero-order valence-electron chi connectivity index (χ0n) is 15.3. The van der Waals surface area contributed by atoms with Crippen LogP contribution in [-0.2, 0) is 11.3 Å². The molecule has 0 fully saturated rings. The van der Waals surface area contributed by atoms with E-state index in [1.807, 2.05) is 24.3 Å². The van der Waals surface area contributed by atoms with Crippen LogP contribution in [0.4, 0.5) is 0 Å². The first-order valence-corrected chi connectivity index (χ1v) is 9.17. The molecule has 7 nitrogen and oxygen atoms in total. The third-order valence-corrected chi connectivity index (χ3v) is 4.64. The van der Waals surface area contributed by atoms with Gasteiger partial charge in [0.25, 0.3) is 5.22 Å². The van der Waals surface area contributed by atoms with Crippen LogP contribution in [-0.4, -0.2) is 38.0 Å². The third-order valence-electron chi connectivity index (χ3n) is 3.82. The summed E-state index contributed by atoms with van der Waals surface area (Å²) in [6, 6.07) is 11.1. The van der Waals surface area contributed by atoms with Gasteiger partial charge in [-0.1, -0.05) is 23.9 Å². The zero-order valence-corrected chi connectivity index (χ0v) is 16.1. The Bertz CT molecular complexity index is 883. The van der Waals surface area contributed by atoms with Gasteiger partial charge in [-0.05, 0) is 29.8 Å². The lowest BCUT2D eigenvalue weighted by Crippen LogP contribution is -2.24. The summed E-state index contributed by atoms with van der Waals surface area (Å²) >= 11 is 1.25. The number of thioether (sulfide) groups is 1. The molecule has 8 heteroatoms. The Kier molecular flexibility index (Phi) is 6.08. The summed E-state index contributed by atoms with van der Waals surface area (Å²) in [5.74, 6) is 1.68.